The summed E-state index contributed by atoms with van der Waals surface area (Å²) in [7, 11) is 0. The van der Waals surface area contributed by atoms with Gasteiger partial charge in [0.05, 0.1) is 16.8 Å². The first-order chi connectivity index (χ1) is 10.4. The van der Waals surface area contributed by atoms with Crippen molar-refractivity contribution >= 4 is 17.5 Å². The number of benzene rings is 1. The van der Waals surface area contributed by atoms with Crippen LogP contribution in [0.15, 0.2) is 40.5 Å². The summed E-state index contributed by atoms with van der Waals surface area (Å²) >= 11 is 6.15. The second-order valence-electron chi connectivity index (χ2n) is 5.18. The number of hydrogen-bond acceptors (Lipinski definition) is 3. The Hall–Kier alpha value is -2.20. The summed E-state index contributed by atoms with van der Waals surface area (Å²) in [6.07, 6.45) is 3.47. The molecule has 2 rings (SSSR count). The van der Waals surface area contributed by atoms with Crippen molar-refractivity contribution in [3.8, 4) is 16.9 Å². The van der Waals surface area contributed by atoms with Gasteiger partial charge in [0.1, 0.15) is 18.1 Å². The predicted octanol–water partition coefficient (Wildman–Crippen LogP) is 4.35. The van der Waals surface area contributed by atoms with Gasteiger partial charge >= 0.3 is 0 Å². The average Bonchev–Trinajstić information content (AvgIpc) is 2.82. The fourth-order valence-electron chi connectivity index (χ4n) is 2.05. The minimum atomic E-state index is -0.525. The number of primary amides is 1. The number of ether oxygens (including phenoxy) is 1. The first-order valence-electron chi connectivity index (χ1n) is 6.84. The molecule has 1 amide bonds. The molecule has 5 heteroatoms. The van der Waals surface area contributed by atoms with Crippen LogP contribution < -0.4 is 10.5 Å². The zero-order valence-corrected chi connectivity index (χ0v) is 13.5. The lowest BCUT2D eigenvalue weighted by Crippen LogP contribution is -2.12. The van der Waals surface area contributed by atoms with Crippen molar-refractivity contribution in [2.75, 3.05) is 6.61 Å². The van der Waals surface area contributed by atoms with E-state index in [0.29, 0.717) is 34.3 Å². The Labute approximate surface area is 134 Å². The molecule has 0 saturated carbocycles. The summed E-state index contributed by atoms with van der Waals surface area (Å²) in [6.45, 7) is 6.12. The molecule has 0 aliphatic heterocycles. The largest absolute Gasteiger partial charge is 0.488 e. The first kappa shape index (κ1) is 16.2. The smallest absolute Gasteiger partial charge is 0.252 e. The number of nitrogens with two attached hydrogens (primary N) is 1. The standard InChI is InChI=1S/C17H18ClNO3/c1-10(2)6-7-21-15-8-12(4-5-14(15)18)13-9-22-11(3)16(13)17(19)20/h4-6,8-9H,7H2,1-3H3,(H2,19,20). The third-order valence-corrected chi connectivity index (χ3v) is 3.51. The van der Waals surface area contributed by atoms with Crippen molar-refractivity contribution < 1.29 is 13.9 Å². The van der Waals surface area contributed by atoms with E-state index in [0.717, 1.165) is 11.1 Å². The average molecular weight is 320 g/mol. The van der Waals surface area contributed by atoms with Crippen LogP contribution in [-0.2, 0) is 0 Å². The van der Waals surface area contributed by atoms with Crippen LogP contribution in [0.3, 0.4) is 0 Å². The van der Waals surface area contributed by atoms with Gasteiger partial charge in [-0.25, -0.2) is 0 Å². The quantitative estimate of drug-likeness (QED) is 0.833. The first-order valence-corrected chi connectivity index (χ1v) is 7.22. The van der Waals surface area contributed by atoms with Crippen LogP contribution in [0.4, 0.5) is 0 Å². The molecule has 0 atom stereocenters. The highest BCUT2D eigenvalue weighted by molar-refractivity contribution is 6.32. The summed E-state index contributed by atoms with van der Waals surface area (Å²) in [5, 5.41) is 0.506. The van der Waals surface area contributed by atoms with Gasteiger partial charge < -0.3 is 14.9 Å². The van der Waals surface area contributed by atoms with Gasteiger partial charge in [0.2, 0.25) is 0 Å². The minimum absolute atomic E-state index is 0.373. The molecule has 22 heavy (non-hydrogen) atoms. The Morgan fingerprint density at radius 3 is 2.77 bits per heavy atom. The fourth-order valence-corrected chi connectivity index (χ4v) is 2.23. The van der Waals surface area contributed by atoms with E-state index in [9.17, 15) is 4.79 Å². The molecule has 1 aromatic carbocycles. The molecule has 2 aromatic rings. The number of hydrogen-bond donors (Lipinski definition) is 1. The maximum Gasteiger partial charge on any atom is 0.252 e. The van der Waals surface area contributed by atoms with Gasteiger partial charge in [0.25, 0.3) is 5.91 Å². The molecule has 0 saturated heterocycles. The number of halogens is 1. The summed E-state index contributed by atoms with van der Waals surface area (Å²) in [4.78, 5) is 11.6. The van der Waals surface area contributed by atoms with Crippen molar-refractivity contribution in [1.82, 2.24) is 0 Å². The Morgan fingerprint density at radius 2 is 2.14 bits per heavy atom. The van der Waals surface area contributed by atoms with Crippen molar-refractivity contribution in [3.63, 3.8) is 0 Å². The number of carbonyl (C=O) groups excluding carboxylic acids is 1. The molecule has 0 aliphatic rings. The zero-order chi connectivity index (χ0) is 16.3. The second kappa shape index (κ2) is 6.71. The van der Waals surface area contributed by atoms with E-state index < -0.39 is 5.91 Å². The maximum atomic E-state index is 11.6. The topological polar surface area (TPSA) is 65.5 Å². The Bertz CT molecular complexity index is 728. The van der Waals surface area contributed by atoms with Crippen molar-refractivity contribution in [1.29, 1.82) is 0 Å². The van der Waals surface area contributed by atoms with Gasteiger partial charge in [-0.05, 0) is 44.5 Å². The van der Waals surface area contributed by atoms with E-state index in [1.807, 2.05) is 19.9 Å². The van der Waals surface area contributed by atoms with E-state index in [2.05, 4.69) is 0 Å². The van der Waals surface area contributed by atoms with Gasteiger partial charge in [-0.1, -0.05) is 23.2 Å². The van der Waals surface area contributed by atoms with Crippen LogP contribution in [-0.4, -0.2) is 12.5 Å². The van der Waals surface area contributed by atoms with Crippen molar-refractivity contribution in [3.05, 3.63) is 52.5 Å². The van der Waals surface area contributed by atoms with E-state index in [4.69, 9.17) is 26.5 Å². The number of allylic oxidation sites excluding steroid dienone is 1. The molecule has 1 aromatic heterocycles. The van der Waals surface area contributed by atoms with Gasteiger partial charge in [-0.15, -0.1) is 0 Å². The SMILES string of the molecule is CC(C)=CCOc1cc(-c2coc(C)c2C(N)=O)ccc1Cl. The molecule has 0 radical (unpaired) electrons. The van der Waals surface area contributed by atoms with E-state index in [1.54, 1.807) is 25.1 Å². The molecule has 0 aliphatic carbocycles. The number of rotatable bonds is 5. The monoisotopic (exact) mass is 319 g/mol. The highest BCUT2D eigenvalue weighted by Crippen LogP contribution is 2.34. The minimum Gasteiger partial charge on any atom is -0.488 e. The second-order valence-corrected chi connectivity index (χ2v) is 5.59. The third-order valence-electron chi connectivity index (χ3n) is 3.19. The van der Waals surface area contributed by atoms with E-state index >= 15 is 0 Å². The van der Waals surface area contributed by atoms with Gasteiger partial charge in [0, 0.05) is 5.56 Å². The van der Waals surface area contributed by atoms with E-state index in [-0.39, 0.29) is 0 Å². The predicted molar refractivity (Wildman–Crippen MR) is 87.3 cm³/mol. The van der Waals surface area contributed by atoms with Crippen LogP contribution in [0.25, 0.3) is 11.1 Å². The summed E-state index contributed by atoms with van der Waals surface area (Å²) in [5.41, 5.74) is 8.35. The van der Waals surface area contributed by atoms with Crippen LogP contribution >= 0.6 is 11.6 Å². The lowest BCUT2D eigenvalue weighted by molar-refractivity contribution is 0.0999. The van der Waals surface area contributed by atoms with Crippen molar-refractivity contribution in [2.45, 2.75) is 20.8 Å². The normalized spacial score (nSPS) is 10.4. The molecule has 0 fully saturated rings. The number of carbonyl (C=O) groups is 1. The van der Waals surface area contributed by atoms with Gasteiger partial charge in [-0.2, -0.15) is 0 Å². The highest BCUT2D eigenvalue weighted by atomic mass is 35.5. The third kappa shape index (κ3) is 3.52. The zero-order valence-electron chi connectivity index (χ0n) is 12.8. The Balaban J connectivity index is 2.37. The van der Waals surface area contributed by atoms with Crippen LogP contribution in [0, 0.1) is 6.92 Å². The lowest BCUT2D eigenvalue weighted by Gasteiger charge is -2.09. The summed E-state index contributed by atoms with van der Waals surface area (Å²) in [6, 6.07) is 5.30. The van der Waals surface area contributed by atoms with Crippen LogP contribution in [0.2, 0.25) is 5.02 Å². The molecule has 116 valence electrons. The molecule has 0 bridgehead atoms. The van der Waals surface area contributed by atoms with Crippen LogP contribution in [0.1, 0.15) is 30.0 Å². The Kier molecular flexibility index (Phi) is 4.93. The molecular formula is C17H18ClNO3. The van der Waals surface area contributed by atoms with Crippen molar-refractivity contribution in [2.24, 2.45) is 5.73 Å². The molecular weight excluding hydrogens is 302 g/mol. The highest BCUT2D eigenvalue weighted by Gasteiger charge is 2.18. The maximum absolute atomic E-state index is 11.6. The number of amides is 1. The fraction of sp³-hybridized carbons (Fsp3) is 0.235. The lowest BCUT2D eigenvalue weighted by atomic mass is 10.0. The number of furan rings is 1. The van der Waals surface area contributed by atoms with E-state index in [1.165, 1.54) is 6.26 Å². The molecule has 2 N–H and O–H groups in total. The molecule has 0 spiro atoms. The van der Waals surface area contributed by atoms with Gasteiger partial charge in [0.15, 0.2) is 0 Å². The van der Waals surface area contributed by atoms with Crippen LogP contribution in [0.5, 0.6) is 5.75 Å². The summed E-state index contributed by atoms with van der Waals surface area (Å²) in [5.74, 6) is 0.513. The molecule has 4 nitrogen and oxygen atoms in total. The van der Waals surface area contributed by atoms with Gasteiger partial charge in [-0.3, -0.25) is 4.79 Å². The summed E-state index contributed by atoms with van der Waals surface area (Å²) < 4.78 is 11.0. The Morgan fingerprint density at radius 1 is 1.41 bits per heavy atom. The molecule has 0 unspecified atom stereocenters. The number of aryl methyl sites for hydroxylation is 1. The molecule has 1 heterocycles.